The molecule has 3 unspecified atom stereocenters. The lowest BCUT2D eigenvalue weighted by Gasteiger charge is -2.29. The Balaban J connectivity index is 3.90. The molecular weight excluding hydrogens is 1140 g/mol. The summed E-state index contributed by atoms with van der Waals surface area (Å²) in [5.41, 5.74) is 0. The molecule has 91 heavy (non-hydrogen) atoms. The van der Waals surface area contributed by atoms with Gasteiger partial charge >= 0.3 is 0 Å². The largest absolute Gasteiger partial charge is 0.756 e. The Bertz CT molecular complexity index is 1490. The maximum Gasteiger partial charge on any atom is 0.268 e. The number of carbonyl (C=O) groups is 1. The van der Waals surface area contributed by atoms with Crippen LogP contribution in [0.4, 0.5) is 0 Å². The van der Waals surface area contributed by atoms with E-state index in [0.717, 1.165) is 38.5 Å². The summed E-state index contributed by atoms with van der Waals surface area (Å²) < 4.78 is 23.5. The minimum atomic E-state index is -4.60. The van der Waals surface area contributed by atoms with Gasteiger partial charge in [-0.3, -0.25) is 9.36 Å². The van der Waals surface area contributed by atoms with Crippen LogP contribution in [0.2, 0.25) is 0 Å². The highest BCUT2D eigenvalue weighted by molar-refractivity contribution is 7.45. The van der Waals surface area contributed by atoms with E-state index in [2.05, 4.69) is 19.2 Å². The summed E-state index contributed by atoms with van der Waals surface area (Å²) in [5.74, 6) is -0.185. The number of allylic oxidation sites excluding steroid dienone is 1. The first-order valence-corrected chi connectivity index (χ1v) is 43.0. The highest BCUT2D eigenvalue weighted by atomic mass is 31.2. The van der Waals surface area contributed by atoms with Crippen LogP contribution in [-0.4, -0.2) is 68.5 Å². The van der Waals surface area contributed by atoms with Gasteiger partial charge in [0, 0.05) is 6.42 Å². The molecule has 0 radical (unpaired) electrons. The van der Waals surface area contributed by atoms with Crippen LogP contribution in [0.15, 0.2) is 12.2 Å². The first kappa shape index (κ1) is 90.2. The fraction of sp³-hybridized carbons (Fsp3) is 0.963. The fourth-order valence-corrected chi connectivity index (χ4v) is 14.1. The number of nitrogens with zero attached hydrogens (tertiary/aromatic N) is 1. The number of unbranched alkanes of at least 4 members (excludes halogenated alkanes) is 66. The maximum absolute atomic E-state index is 13.1. The number of quaternary nitrogens is 1. The van der Waals surface area contributed by atoms with Crippen LogP contribution < -0.4 is 10.2 Å². The third-order valence-corrected chi connectivity index (χ3v) is 20.7. The quantitative estimate of drug-likeness (QED) is 0.0272. The normalized spacial score (nSPS) is 13.4. The molecule has 8 nitrogen and oxygen atoms in total. The molecule has 544 valence electrons. The van der Waals surface area contributed by atoms with Crippen molar-refractivity contribution in [2.45, 2.75) is 469 Å². The zero-order valence-corrected chi connectivity index (χ0v) is 63.5. The third kappa shape index (κ3) is 76.5. The number of likely N-dealkylation sites (N-methyl/N-ethyl adjacent to an activating group) is 1. The number of aliphatic hydroxyl groups excluding tert-OH is 1. The number of amides is 1. The van der Waals surface area contributed by atoms with Crippen LogP contribution in [0.5, 0.6) is 0 Å². The molecule has 0 aromatic rings. The summed E-state index contributed by atoms with van der Waals surface area (Å²) >= 11 is 0. The van der Waals surface area contributed by atoms with Crippen molar-refractivity contribution in [3.63, 3.8) is 0 Å². The van der Waals surface area contributed by atoms with Crippen LogP contribution >= 0.6 is 7.82 Å². The van der Waals surface area contributed by atoms with Crippen molar-refractivity contribution in [2.24, 2.45) is 0 Å². The van der Waals surface area contributed by atoms with Gasteiger partial charge in [-0.05, 0) is 19.3 Å². The number of nitrogens with one attached hydrogen (secondary N) is 1. The topological polar surface area (TPSA) is 108 Å². The van der Waals surface area contributed by atoms with Crippen molar-refractivity contribution in [2.75, 3.05) is 40.9 Å². The SMILES string of the molecule is CCCCCCCCCCCCCCCCCCCCCCCCCCCCCCCC/C=C/C(O)C(COP(=O)([O-])OCC[N+](C)(C)C)NC(=O)CCCCCCCCCCCCCCCCCCCCCCCCCCCCCCCCCCCCCCC. The van der Waals surface area contributed by atoms with E-state index in [4.69, 9.17) is 9.05 Å². The van der Waals surface area contributed by atoms with Gasteiger partial charge in [0.15, 0.2) is 0 Å². The number of hydrogen-bond donors (Lipinski definition) is 2. The Morgan fingerprint density at radius 2 is 0.593 bits per heavy atom. The second-order valence-electron chi connectivity index (χ2n) is 30.2. The van der Waals surface area contributed by atoms with Crippen molar-refractivity contribution in [1.82, 2.24) is 5.32 Å². The predicted octanol–water partition coefficient (Wildman–Crippen LogP) is 26.6. The van der Waals surface area contributed by atoms with Crippen LogP contribution in [0.25, 0.3) is 0 Å². The van der Waals surface area contributed by atoms with Gasteiger partial charge in [0.2, 0.25) is 5.91 Å². The average Bonchev–Trinajstić information content (AvgIpc) is 3.68. The zero-order valence-electron chi connectivity index (χ0n) is 62.6. The Labute approximate surface area is 571 Å². The Morgan fingerprint density at radius 1 is 0.374 bits per heavy atom. The average molecular weight is 1310 g/mol. The van der Waals surface area contributed by atoms with Gasteiger partial charge in [0.05, 0.1) is 39.9 Å². The van der Waals surface area contributed by atoms with Crippen molar-refractivity contribution < 1.29 is 32.9 Å². The molecule has 1 amide bonds. The second kappa shape index (κ2) is 73.5. The van der Waals surface area contributed by atoms with Crippen LogP contribution in [0, 0.1) is 0 Å². The number of aliphatic hydroxyl groups is 1. The monoisotopic (exact) mass is 1310 g/mol. The summed E-state index contributed by atoms with van der Waals surface area (Å²) in [7, 11) is 1.29. The summed E-state index contributed by atoms with van der Waals surface area (Å²) in [4.78, 5) is 25.7. The molecular formula is C82H165N2O6P. The highest BCUT2D eigenvalue weighted by Crippen LogP contribution is 2.38. The molecule has 0 aromatic heterocycles. The molecule has 0 aliphatic rings. The van der Waals surface area contributed by atoms with Gasteiger partial charge in [-0.25, -0.2) is 0 Å². The molecule has 0 heterocycles. The van der Waals surface area contributed by atoms with E-state index in [0.29, 0.717) is 17.4 Å². The van der Waals surface area contributed by atoms with Crippen molar-refractivity contribution >= 4 is 13.7 Å². The van der Waals surface area contributed by atoms with Crippen LogP contribution in [-0.2, 0) is 18.4 Å². The molecule has 2 N–H and O–H groups in total. The predicted molar refractivity (Wildman–Crippen MR) is 399 cm³/mol. The van der Waals surface area contributed by atoms with E-state index in [1.807, 2.05) is 27.2 Å². The summed E-state index contributed by atoms with van der Waals surface area (Å²) in [6, 6.07) is -0.885. The van der Waals surface area contributed by atoms with E-state index in [1.165, 1.54) is 398 Å². The van der Waals surface area contributed by atoms with Gasteiger partial charge in [-0.2, -0.15) is 0 Å². The molecule has 0 saturated heterocycles. The first-order valence-electron chi connectivity index (χ1n) is 41.6. The minimum absolute atomic E-state index is 0.00321. The molecule has 0 aliphatic heterocycles. The molecule has 0 saturated carbocycles. The summed E-state index contributed by atoms with van der Waals surface area (Å²) in [6.45, 7) is 4.74. The molecule has 9 heteroatoms. The van der Waals surface area contributed by atoms with Gasteiger partial charge in [0.1, 0.15) is 13.2 Å². The second-order valence-corrected chi connectivity index (χ2v) is 31.6. The number of phosphoric ester groups is 1. The first-order chi connectivity index (χ1) is 44.5. The van der Waals surface area contributed by atoms with Gasteiger partial charge < -0.3 is 28.8 Å². The van der Waals surface area contributed by atoms with E-state index < -0.39 is 20.0 Å². The molecule has 0 bridgehead atoms. The number of hydrogen-bond acceptors (Lipinski definition) is 6. The fourth-order valence-electron chi connectivity index (χ4n) is 13.3. The molecule has 0 aliphatic carbocycles. The van der Waals surface area contributed by atoms with Gasteiger partial charge in [-0.15, -0.1) is 0 Å². The molecule has 0 spiro atoms. The minimum Gasteiger partial charge on any atom is -0.756 e. The summed E-state index contributed by atoms with van der Waals surface area (Å²) in [5, 5.41) is 14.0. The van der Waals surface area contributed by atoms with E-state index in [1.54, 1.807) is 6.08 Å². The lowest BCUT2D eigenvalue weighted by molar-refractivity contribution is -0.870. The zero-order chi connectivity index (χ0) is 66.2. The van der Waals surface area contributed by atoms with E-state index in [-0.39, 0.29) is 19.1 Å². The lowest BCUT2D eigenvalue weighted by atomic mass is 10.0. The Hall–Kier alpha value is -0.760. The molecule has 0 aromatic carbocycles. The standard InChI is InChI=1S/C82H165N2O6P/c1-6-8-10-12-14-16-18-20-22-24-26-28-30-32-34-36-38-40-41-42-43-44-46-48-50-52-54-56-58-60-62-64-66-68-70-72-74-76-82(86)83-80(79-90-91(87,88)89-78-77-84(3,4)5)81(85)75-73-71-69-67-65-63-61-59-57-55-53-51-49-47-45-39-37-35-33-31-29-27-25-23-21-19-17-15-13-11-9-7-2/h73,75,80-81,85H,6-72,74,76-79H2,1-5H3,(H-,83,86,87,88)/b75-73+. The molecule has 3 atom stereocenters. The van der Waals surface area contributed by atoms with E-state index in [9.17, 15) is 19.4 Å². The van der Waals surface area contributed by atoms with Gasteiger partial charge in [0.25, 0.3) is 7.82 Å². The number of rotatable bonds is 79. The van der Waals surface area contributed by atoms with E-state index >= 15 is 0 Å². The van der Waals surface area contributed by atoms with Crippen LogP contribution in [0.3, 0.4) is 0 Å². The number of carbonyl (C=O) groups excluding carboxylic acids is 1. The molecule has 0 fully saturated rings. The smallest absolute Gasteiger partial charge is 0.268 e. The van der Waals surface area contributed by atoms with Crippen LogP contribution in [0.1, 0.15) is 457 Å². The third-order valence-electron chi connectivity index (χ3n) is 19.7. The lowest BCUT2D eigenvalue weighted by Crippen LogP contribution is -2.45. The van der Waals surface area contributed by atoms with Crippen molar-refractivity contribution in [1.29, 1.82) is 0 Å². The maximum atomic E-state index is 13.1. The van der Waals surface area contributed by atoms with Crippen molar-refractivity contribution in [3.05, 3.63) is 12.2 Å². The van der Waals surface area contributed by atoms with Crippen molar-refractivity contribution in [3.8, 4) is 0 Å². The Morgan fingerprint density at radius 3 is 0.824 bits per heavy atom. The summed E-state index contributed by atoms with van der Waals surface area (Å²) in [6.07, 6.45) is 96.9. The highest BCUT2D eigenvalue weighted by Gasteiger charge is 2.23. The van der Waals surface area contributed by atoms with Gasteiger partial charge in [-0.1, -0.05) is 443 Å². The Kier molecular flexibility index (Phi) is 72.9. The molecule has 0 rings (SSSR count). The number of phosphoric acid groups is 1.